The maximum Gasteiger partial charge on any atom is 0.407 e. The third-order valence-corrected chi connectivity index (χ3v) is 4.49. The molecule has 8 heteroatoms. The van der Waals surface area contributed by atoms with Gasteiger partial charge in [-0.1, -0.05) is 24.3 Å². The second-order valence-electron chi connectivity index (χ2n) is 6.88. The van der Waals surface area contributed by atoms with Crippen LogP contribution in [-0.2, 0) is 20.9 Å². The minimum absolute atomic E-state index is 0.135. The third kappa shape index (κ3) is 6.34. The average Bonchev–Trinajstić information content (AvgIpc) is 3.07. The molecule has 2 amide bonds. The Balaban J connectivity index is 1.89. The number of hydrogen-bond acceptors (Lipinski definition) is 6. The number of carbonyl (C=O) groups is 2. The van der Waals surface area contributed by atoms with E-state index >= 15 is 0 Å². The van der Waals surface area contributed by atoms with Crippen molar-refractivity contribution in [3.8, 4) is 0 Å². The van der Waals surface area contributed by atoms with Crippen molar-refractivity contribution < 1.29 is 19.1 Å². The maximum atomic E-state index is 11.9. The van der Waals surface area contributed by atoms with E-state index in [1.54, 1.807) is 11.8 Å². The molecule has 0 saturated heterocycles. The lowest BCUT2D eigenvalue weighted by molar-refractivity contribution is -0.123. The van der Waals surface area contributed by atoms with Gasteiger partial charge in [-0.15, -0.1) is 11.8 Å². The topological polar surface area (TPSA) is 89.0 Å². The smallest absolute Gasteiger partial charge is 0.407 e. The SMILES string of the molecule is COCNC(=O)[C@@H]1CSC(c2ccc(COC(=O)NC(C)(C)C)cc2)=N1. The van der Waals surface area contributed by atoms with Gasteiger partial charge in [-0.25, -0.2) is 4.79 Å². The number of alkyl carbamates (subject to hydrolysis) is 1. The number of methoxy groups -OCH3 is 1. The normalized spacial score (nSPS) is 16.8. The Labute approximate surface area is 157 Å². The molecule has 1 aliphatic rings. The number of hydrogen-bond donors (Lipinski definition) is 2. The summed E-state index contributed by atoms with van der Waals surface area (Å²) < 4.78 is 10.0. The van der Waals surface area contributed by atoms with Crippen LogP contribution in [0.15, 0.2) is 29.3 Å². The van der Waals surface area contributed by atoms with E-state index in [9.17, 15) is 9.59 Å². The second-order valence-corrected chi connectivity index (χ2v) is 7.89. The highest BCUT2D eigenvalue weighted by atomic mass is 32.2. The monoisotopic (exact) mass is 379 g/mol. The molecule has 0 aliphatic carbocycles. The predicted octanol–water partition coefficient (Wildman–Crippen LogP) is 2.29. The number of nitrogens with one attached hydrogen (secondary N) is 2. The molecular formula is C18H25N3O4S. The Bertz CT molecular complexity index is 668. The van der Waals surface area contributed by atoms with Crippen molar-refractivity contribution in [2.75, 3.05) is 19.6 Å². The van der Waals surface area contributed by atoms with Gasteiger partial charge in [-0.3, -0.25) is 9.79 Å². The highest BCUT2D eigenvalue weighted by molar-refractivity contribution is 8.14. The quantitative estimate of drug-likeness (QED) is 0.741. The van der Waals surface area contributed by atoms with Gasteiger partial charge in [0.25, 0.3) is 0 Å². The Morgan fingerprint density at radius 1 is 1.27 bits per heavy atom. The van der Waals surface area contributed by atoms with Crippen molar-refractivity contribution in [1.29, 1.82) is 0 Å². The molecule has 1 atom stereocenters. The summed E-state index contributed by atoms with van der Waals surface area (Å²) in [4.78, 5) is 28.1. The standard InChI is InChI=1S/C18H25N3O4S/c1-18(2,3)21-17(23)25-9-12-5-7-13(8-6-12)16-20-14(10-26-16)15(22)19-11-24-4/h5-8,14H,9-11H2,1-4H3,(H,19,22)(H,21,23)/t14-/m0/s1. The number of carbonyl (C=O) groups excluding carboxylic acids is 2. The Hall–Kier alpha value is -2.06. The highest BCUT2D eigenvalue weighted by Gasteiger charge is 2.25. The summed E-state index contributed by atoms with van der Waals surface area (Å²) in [7, 11) is 1.52. The number of nitrogens with zero attached hydrogens (tertiary/aromatic N) is 1. The summed E-state index contributed by atoms with van der Waals surface area (Å²) in [6.07, 6.45) is -0.442. The molecule has 1 aromatic rings. The van der Waals surface area contributed by atoms with Crippen LogP contribution in [0.25, 0.3) is 0 Å². The van der Waals surface area contributed by atoms with Gasteiger partial charge < -0.3 is 20.1 Å². The highest BCUT2D eigenvalue weighted by Crippen LogP contribution is 2.24. The number of ether oxygens (including phenoxy) is 2. The zero-order valence-electron chi connectivity index (χ0n) is 15.5. The summed E-state index contributed by atoms with van der Waals surface area (Å²) in [6, 6.07) is 7.22. The van der Waals surface area contributed by atoms with Crippen molar-refractivity contribution in [2.24, 2.45) is 4.99 Å². The van der Waals surface area contributed by atoms with Gasteiger partial charge in [-0.2, -0.15) is 0 Å². The van der Waals surface area contributed by atoms with Gasteiger partial charge in [0, 0.05) is 24.0 Å². The molecule has 0 saturated carbocycles. The average molecular weight is 379 g/mol. The summed E-state index contributed by atoms with van der Waals surface area (Å²) in [5.74, 6) is 0.479. The maximum absolute atomic E-state index is 11.9. The van der Waals surface area contributed by atoms with Crippen LogP contribution in [0, 0.1) is 0 Å². The van der Waals surface area contributed by atoms with Crippen LogP contribution in [0.2, 0.25) is 0 Å². The fourth-order valence-corrected chi connectivity index (χ4v) is 3.21. The first kappa shape index (κ1) is 20.3. The molecule has 0 aromatic heterocycles. The minimum Gasteiger partial charge on any atom is -0.445 e. The van der Waals surface area contributed by atoms with E-state index in [1.165, 1.54) is 7.11 Å². The molecule has 142 valence electrons. The van der Waals surface area contributed by atoms with Crippen molar-refractivity contribution in [3.05, 3.63) is 35.4 Å². The van der Waals surface area contributed by atoms with Crippen LogP contribution in [0.1, 0.15) is 31.9 Å². The second kappa shape index (κ2) is 9.05. The van der Waals surface area contributed by atoms with Gasteiger partial charge in [-0.05, 0) is 26.3 Å². The van der Waals surface area contributed by atoms with Gasteiger partial charge in [0.15, 0.2) is 0 Å². The summed E-state index contributed by atoms with van der Waals surface area (Å²) >= 11 is 1.55. The zero-order chi connectivity index (χ0) is 19.2. The van der Waals surface area contributed by atoms with Gasteiger partial charge in [0.2, 0.25) is 5.91 Å². The van der Waals surface area contributed by atoms with Gasteiger partial charge >= 0.3 is 6.09 Å². The van der Waals surface area contributed by atoms with Gasteiger partial charge in [0.05, 0.1) is 5.04 Å². The van der Waals surface area contributed by atoms with E-state index in [0.717, 1.165) is 16.2 Å². The number of rotatable bonds is 6. The van der Waals surface area contributed by atoms with Crippen LogP contribution in [0.4, 0.5) is 4.79 Å². The lowest BCUT2D eigenvalue weighted by Crippen LogP contribution is -2.40. The van der Waals surface area contributed by atoms with Gasteiger partial charge in [0.1, 0.15) is 19.4 Å². The van der Waals surface area contributed by atoms with E-state index in [-0.39, 0.29) is 24.8 Å². The summed E-state index contributed by atoms with van der Waals surface area (Å²) in [5.41, 5.74) is 1.50. The molecular weight excluding hydrogens is 354 g/mol. The number of amides is 2. The molecule has 0 fully saturated rings. The Morgan fingerprint density at radius 3 is 2.58 bits per heavy atom. The number of aliphatic imine (C=N–C) groups is 1. The Morgan fingerprint density at radius 2 is 1.96 bits per heavy atom. The van der Waals surface area contributed by atoms with Crippen LogP contribution >= 0.6 is 11.8 Å². The van der Waals surface area contributed by atoms with Crippen LogP contribution in [0.3, 0.4) is 0 Å². The fourth-order valence-electron chi connectivity index (χ4n) is 2.16. The molecule has 0 unspecified atom stereocenters. The van der Waals surface area contributed by atoms with Crippen molar-refractivity contribution in [1.82, 2.24) is 10.6 Å². The lowest BCUT2D eigenvalue weighted by atomic mass is 10.1. The zero-order valence-corrected chi connectivity index (χ0v) is 16.3. The number of benzene rings is 1. The molecule has 26 heavy (non-hydrogen) atoms. The lowest BCUT2D eigenvalue weighted by Gasteiger charge is -2.19. The molecule has 7 nitrogen and oxygen atoms in total. The molecule has 0 bridgehead atoms. The molecule has 1 heterocycles. The van der Waals surface area contributed by atoms with Crippen molar-refractivity contribution >= 4 is 28.8 Å². The van der Waals surface area contributed by atoms with Crippen LogP contribution in [0.5, 0.6) is 0 Å². The molecule has 0 spiro atoms. The largest absolute Gasteiger partial charge is 0.445 e. The summed E-state index contributed by atoms with van der Waals surface area (Å²) in [6.45, 7) is 6.07. The van der Waals surface area contributed by atoms with Crippen molar-refractivity contribution in [3.63, 3.8) is 0 Å². The first-order chi connectivity index (χ1) is 12.3. The Kier molecular flexibility index (Phi) is 7.05. The number of thioether (sulfide) groups is 1. The van der Waals surface area contributed by atoms with E-state index in [1.807, 2.05) is 45.0 Å². The predicted molar refractivity (Wildman–Crippen MR) is 102 cm³/mol. The first-order valence-electron chi connectivity index (χ1n) is 8.30. The molecule has 1 aliphatic heterocycles. The molecule has 2 rings (SSSR count). The van der Waals surface area contributed by atoms with E-state index in [0.29, 0.717) is 5.75 Å². The first-order valence-corrected chi connectivity index (χ1v) is 9.28. The molecule has 0 radical (unpaired) electrons. The molecule has 2 N–H and O–H groups in total. The fraction of sp³-hybridized carbons (Fsp3) is 0.500. The molecule has 1 aromatic carbocycles. The van der Waals surface area contributed by atoms with Crippen molar-refractivity contribution in [2.45, 2.75) is 39.0 Å². The summed E-state index contributed by atoms with van der Waals surface area (Å²) in [5, 5.41) is 6.24. The van der Waals surface area contributed by atoms with Crippen LogP contribution < -0.4 is 10.6 Å². The van der Waals surface area contributed by atoms with E-state index < -0.39 is 12.1 Å². The van der Waals surface area contributed by atoms with E-state index in [4.69, 9.17) is 9.47 Å². The van der Waals surface area contributed by atoms with Crippen LogP contribution in [-0.4, -0.2) is 48.2 Å². The third-order valence-electron chi connectivity index (χ3n) is 3.39. The minimum atomic E-state index is -0.442. The van der Waals surface area contributed by atoms with E-state index in [2.05, 4.69) is 15.6 Å².